The molecule has 26 heavy (non-hydrogen) atoms. The van der Waals surface area contributed by atoms with Crippen molar-refractivity contribution < 1.29 is 8.42 Å². The number of nitrogens with one attached hydrogen (secondary N) is 2. The van der Waals surface area contributed by atoms with Gasteiger partial charge in [-0.25, -0.2) is 12.7 Å². The predicted octanol–water partition coefficient (Wildman–Crippen LogP) is 1.48. The maximum absolute atomic E-state index is 12.3. The van der Waals surface area contributed by atoms with Gasteiger partial charge in [-0.1, -0.05) is 27.2 Å². The Morgan fingerprint density at radius 1 is 1.15 bits per heavy atom. The lowest BCUT2D eigenvalue weighted by atomic mass is 10.0. The number of nitrogens with zero attached hydrogens (tertiary/aromatic N) is 3. The average Bonchev–Trinajstić information content (AvgIpc) is 2.62. The van der Waals surface area contributed by atoms with Crippen LogP contribution in [-0.4, -0.2) is 81.2 Å². The number of unbranched alkanes of at least 4 members (excludes halogenated alkanes) is 1. The summed E-state index contributed by atoms with van der Waals surface area (Å²) in [6, 6.07) is 0.407. The van der Waals surface area contributed by atoms with Crippen molar-refractivity contribution in [3.8, 4) is 0 Å². The minimum atomic E-state index is -3.22. The third kappa shape index (κ3) is 8.22. The summed E-state index contributed by atoms with van der Waals surface area (Å²) in [7, 11) is -3.22. The Labute approximate surface area is 160 Å². The normalized spacial score (nSPS) is 17.7. The first-order valence-electron chi connectivity index (χ1n) is 10.2. The number of hydrogen-bond donors (Lipinski definition) is 2. The van der Waals surface area contributed by atoms with Crippen LogP contribution in [0.2, 0.25) is 0 Å². The standard InChI is InChI=1S/C18H39N5O2S/c1-5-9-13-22-14-10-17(11-15-22)21-18(19-6-2)20-12-16-26(24,25)23(7-3)8-4/h17H,5-16H2,1-4H3,(H2,19,20,21). The molecule has 8 heteroatoms. The van der Waals surface area contributed by atoms with Crippen molar-refractivity contribution >= 4 is 16.0 Å². The largest absolute Gasteiger partial charge is 0.357 e. The Morgan fingerprint density at radius 2 is 1.81 bits per heavy atom. The number of sulfonamides is 1. The fourth-order valence-electron chi connectivity index (χ4n) is 3.21. The van der Waals surface area contributed by atoms with Crippen LogP contribution in [0.3, 0.4) is 0 Å². The van der Waals surface area contributed by atoms with Gasteiger partial charge in [0.1, 0.15) is 0 Å². The Kier molecular flexibility index (Phi) is 11.2. The molecule has 0 unspecified atom stereocenters. The molecule has 1 saturated heterocycles. The summed E-state index contributed by atoms with van der Waals surface area (Å²) in [4.78, 5) is 7.02. The molecule has 0 bridgehead atoms. The van der Waals surface area contributed by atoms with E-state index >= 15 is 0 Å². The molecule has 0 atom stereocenters. The van der Waals surface area contributed by atoms with Gasteiger partial charge in [-0.15, -0.1) is 0 Å². The summed E-state index contributed by atoms with van der Waals surface area (Å²) in [5.74, 6) is 0.787. The van der Waals surface area contributed by atoms with E-state index in [2.05, 4.69) is 27.4 Å². The molecule has 0 aromatic rings. The Balaban J connectivity index is 2.49. The van der Waals surface area contributed by atoms with Crippen LogP contribution in [0.5, 0.6) is 0 Å². The van der Waals surface area contributed by atoms with Gasteiger partial charge in [0.05, 0.1) is 12.3 Å². The summed E-state index contributed by atoms with van der Waals surface area (Å²) in [6.45, 7) is 13.5. The summed E-state index contributed by atoms with van der Waals surface area (Å²) in [5, 5.41) is 6.72. The lowest BCUT2D eigenvalue weighted by molar-refractivity contribution is 0.203. The van der Waals surface area contributed by atoms with Gasteiger partial charge < -0.3 is 15.5 Å². The second-order valence-corrected chi connectivity index (χ2v) is 8.86. The molecular weight excluding hydrogens is 350 g/mol. The molecule has 0 aliphatic carbocycles. The van der Waals surface area contributed by atoms with Crippen LogP contribution in [0.4, 0.5) is 0 Å². The summed E-state index contributed by atoms with van der Waals surface area (Å²) in [6.07, 6.45) is 4.72. The first-order chi connectivity index (χ1) is 12.5. The highest BCUT2D eigenvalue weighted by Gasteiger charge is 2.20. The van der Waals surface area contributed by atoms with Crippen molar-refractivity contribution in [3.05, 3.63) is 0 Å². The van der Waals surface area contributed by atoms with Gasteiger partial charge in [-0.05, 0) is 32.7 Å². The fraction of sp³-hybridized carbons (Fsp3) is 0.944. The molecule has 1 heterocycles. The number of rotatable bonds is 11. The molecule has 1 aliphatic rings. The Bertz CT molecular complexity index is 498. The van der Waals surface area contributed by atoms with Crippen LogP contribution in [0.25, 0.3) is 0 Å². The van der Waals surface area contributed by atoms with Crippen LogP contribution < -0.4 is 10.6 Å². The number of piperidine rings is 1. The number of aliphatic imine (C=N–C) groups is 1. The molecule has 1 rings (SSSR count). The third-order valence-electron chi connectivity index (χ3n) is 4.82. The third-order valence-corrected chi connectivity index (χ3v) is 6.82. The zero-order chi connectivity index (χ0) is 19.4. The van der Waals surface area contributed by atoms with Gasteiger partial charge in [0.2, 0.25) is 10.0 Å². The first kappa shape index (κ1) is 23.2. The van der Waals surface area contributed by atoms with Crippen LogP contribution in [0.1, 0.15) is 53.4 Å². The monoisotopic (exact) mass is 389 g/mol. The van der Waals surface area contributed by atoms with Crippen LogP contribution >= 0.6 is 0 Å². The van der Waals surface area contributed by atoms with Gasteiger partial charge in [0, 0.05) is 38.8 Å². The van der Waals surface area contributed by atoms with E-state index in [0.717, 1.165) is 38.4 Å². The lowest BCUT2D eigenvalue weighted by Crippen LogP contribution is -2.49. The second-order valence-electron chi connectivity index (χ2n) is 6.77. The van der Waals surface area contributed by atoms with E-state index in [4.69, 9.17) is 0 Å². The van der Waals surface area contributed by atoms with E-state index in [1.54, 1.807) is 0 Å². The summed E-state index contributed by atoms with van der Waals surface area (Å²) < 4.78 is 26.0. The Hall–Kier alpha value is -0.860. The molecule has 2 N–H and O–H groups in total. The molecular formula is C18H39N5O2S. The van der Waals surface area contributed by atoms with E-state index in [0.29, 0.717) is 19.1 Å². The van der Waals surface area contributed by atoms with Crippen LogP contribution in [0.15, 0.2) is 4.99 Å². The van der Waals surface area contributed by atoms with Gasteiger partial charge >= 0.3 is 0 Å². The molecule has 0 aromatic carbocycles. The van der Waals surface area contributed by atoms with Gasteiger partial charge in [0.15, 0.2) is 5.96 Å². The molecule has 0 spiro atoms. The number of hydrogen-bond acceptors (Lipinski definition) is 4. The van der Waals surface area contributed by atoms with Crippen molar-refractivity contribution in [1.29, 1.82) is 0 Å². The van der Waals surface area contributed by atoms with Gasteiger partial charge in [-0.3, -0.25) is 4.99 Å². The van der Waals surface area contributed by atoms with E-state index in [1.165, 1.54) is 23.7 Å². The SMILES string of the molecule is CCCCN1CCC(NC(=NCCS(=O)(=O)N(CC)CC)NCC)CC1. The molecule has 1 fully saturated rings. The fourth-order valence-corrected chi connectivity index (χ4v) is 4.58. The van der Waals surface area contributed by atoms with Crippen LogP contribution in [-0.2, 0) is 10.0 Å². The minimum Gasteiger partial charge on any atom is -0.357 e. The molecule has 0 saturated carbocycles. The predicted molar refractivity (Wildman–Crippen MR) is 110 cm³/mol. The quantitative estimate of drug-likeness (QED) is 0.413. The Morgan fingerprint density at radius 3 is 2.35 bits per heavy atom. The molecule has 154 valence electrons. The minimum absolute atomic E-state index is 0.0563. The van der Waals surface area contributed by atoms with Crippen molar-refractivity contribution in [2.75, 3.05) is 51.6 Å². The highest BCUT2D eigenvalue weighted by molar-refractivity contribution is 7.89. The summed E-state index contributed by atoms with van der Waals surface area (Å²) >= 11 is 0. The highest BCUT2D eigenvalue weighted by Crippen LogP contribution is 2.11. The molecule has 1 aliphatic heterocycles. The maximum Gasteiger partial charge on any atom is 0.215 e. The zero-order valence-electron chi connectivity index (χ0n) is 17.1. The van der Waals surface area contributed by atoms with Gasteiger partial charge in [-0.2, -0.15) is 0 Å². The van der Waals surface area contributed by atoms with Crippen molar-refractivity contribution in [2.24, 2.45) is 4.99 Å². The molecule has 0 amide bonds. The molecule has 7 nitrogen and oxygen atoms in total. The number of guanidine groups is 1. The van der Waals surface area contributed by atoms with Crippen LogP contribution in [0, 0.1) is 0 Å². The molecule has 0 radical (unpaired) electrons. The zero-order valence-corrected chi connectivity index (χ0v) is 17.9. The lowest BCUT2D eigenvalue weighted by Gasteiger charge is -2.33. The van der Waals surface area contributed by atoms with E-state index in [1.807, 2.05) is 20.8 Å². The smallest absolute Gasteiger partial charge is 0.215 e. The maximum atomic E-state index is 12.3. The second kappa shape index (κ2) is 12.5. The first-order valence-corrected chi connectivity index (χ1v) is 11.8. The van der Waals surface area contributed by atoms with E-state index in [9.17, 15) is 8.42 Å². The van der Waals surface area contributed by atoms with E-state index in [-0.39, 0.29) is 12.3 Å². The molecule has 0 aromatic heterocycles. The van der Waals surface area contributed by atoms with Gasteiger partial charge in [0.25, 0.3) is 0 Å². The number of likely N-dealkylation sites (tertiary alicyclic amines) is 1. The van der Waals surface area contributed by atoms with Crippen molar-refractivity contribution in [3.63, 3.8) is 0 Å². The summed E-state index contributed by atoms with van der Waals surface area (Å²) in [5.41, 5.74) is 0. The van der Waals surface area contributed by atoms with E-state index < -0.39 is 10.0 Å². The highest BCUT2D eigenvalue weighted by atomic mass is 32.2. The topological polar surface area (TPSA) is 77.0 Å². The average molecular weight is 390 g/mol. The van der Waals surface area contributed by atoms with Crippen molar-refractivity contribution in [1.82, 2.24) is 19.8 Å². The van der Waals surface area contributed by atoms with Crippen molar-refractivity contribution in [2.45, 2.75) is 59.4 Å².